The van der Waals surface area contributed by atoms with Gasteiger partial charge in [-0.2, -0.15) is 0 Å². The van der Waals surface area contributed by atoms with E-state index in [-0.39, 0.29) is 17.9 Å². The summed E-state index contributed by atoms with van der Waals surface area (Å²) in [5.74, 6) is 0. The van der Waals surface area contributed by atoms with Crippen molar-refractivity contribution in [2.24, 2.45) is 5.73 Å². The second kappa shape index (κ2) is 4.83. The SMILES string of the molecule is CC(C)(N)CN1CCc2ccsc2C1.Cl. The van der Waals surface area contributed by atoms with Crippen LogP contribution in [0.5, 0.6) is 0 Å². The van der Waals surface area contributed by atoms with Crippen LogP contribution in [0.4, 0.5) is 0 Å². The van der Waals surface area contributed by atoms with Crippen LogP contribution in [-0.4, -0.2) is 23.5 Å². The minimum Gasteiger partial charge on any atom is -0.324 e. The van der Waals surface area contributed by atoms with Gasteiger partial charge in [-0.3, -0.25) is 4.90 Å². The molecule has 0 aromatic carbocycles. The first-order valence-electron chi connectivity index (χ1n) is 5.11. The Morgan fingerprint density at radius 3 is 2.93 bits per heavy atom. The lowest BCUT2D eigenvalue weighted by atomic mass is 10.0. The minimum atomic E-state index is -0.0746. The minimum absolute atomic E-state index is 0. The van der Waals surface area contributed by atoms with Crippen LogP contribution in [0, 0.1) is 0 Å². The maximum absolute atomic E-state index is 6.02. The fraction of sp³-hybridized carbons (Fsp3) is 0.636. The fourth-order valence-corrected chi connectivity index (χ4v) is 2.98. The number of fused-ring (bicyclic) bond motifs is 1. The summed E-state index contributed by atoms with van der Waals surface area (Å²) in [5.41, 5.74) is 7.49. The lowest BCUT2D eigenvalue weighted by molar-refractivity contribution is 0.212. The Hall–Kier alpha value is -0.0900. The number of halogens is 1. The average molecular weight is 247 g/mol. The molecular formula is C11H19ClN2S. The summed E-state index contributed by atoms with van der Waals surface area (Å²) >= 11 is 1.87. The molecule has 0 unspecified atom stereocenters. The Labute approximate surface area is 102 Å². The third-order valence-corrected chi connectivity index (χ3v) is 3.48. The third kappa shape index (κ3) is 3.45. The normalized spacial score (nSPS) is 17.0. The van der Waals surface area contributed by atoms with Crippen molar-refractivity contribution in [2.75, 3.05) is 13.1 Å². The van der Waals surface area contributed by atoms with Gasteiger partial charge < -0.3 is 5.73 Å². The lowest BCUT2D eigenvalue weighted by Gasteiger charge is -2.32. The molecule has 0 atom stereocenters. The van der Waals surface area contributed by atoms with Gasteiger partial charge in [0.25, 0.3) is 0 Å². The van der Waals surface area contributed by atoms with E-state index in [4.69, 9.17) is 5.73 Å². The van der Waals surface area contributed by atoms with Crippen LogP contribution in [0.1, 0.15) is 24.3 Å². The van der Waals surface area contributed by atoms with Gasteiger partial charge >= 0.3 is 0 Å². The quantitative estimate of drug-likeness (QED) is 0.868. The molecule has 1 aromatic rings. The van der Waals surface area contributed by atoms with E-state index in [1.54, 1.807) is 5.56 Å². The van der Waals surface area contributed by atoms with Gasteiger partial charge in [-0.05, 0) is 37.3 Å². The average Bonchev–Trinajstić information content (AvgIpc) is 2.47. The zero-order valence-electron chi connectivity index (χ0n) is 9.32. The highest BCUT2D eigenvalue weighted by Gasteiger charge is 2.21. The molecule has 0 aliphatic carbocycles. The van der Waals surface area contributed by atoms with Crippen molar-refractivity contribution >= 4 is 23.7 Å². The van der Waals surface area contributed by atoms with Crippen LogP contribution in [0.3, 0.4) is 0 Å². The zero-order chi connectivity index (χ0) is 10.2. The van der Waals surface area contributed by atoms with Crippen LogP contribution in [0.25, 0.3) is 0 Å². The Balaban J connectivity index is 0.00000112. The first-order chi connectivity index (χ1) is 6.54. The number of hydrogen-bond donors (Lipinski definition) is 1. The highest BCUT2D eigenvalue weighted by atomic mass is 35.5. The number of nitrogens with zero attached hydrogens (tertiary/aromatic N) is 1. The van der Waals surface area contributed by atoms with Crippen LogP contribution in [-0.2, 0) is 13.0 Å². The number of nitrogens with two attached hydrogens (primary N) is 1. The topological polar surface area (TPSA) is 29.3 Å². The molecule has 2 rings (SSSR count). The molecule has 0 saturated carbocycles. The van der Waals surface area contributed by atoms with Crippen molar-refractivity contribution < 1.29 is 0 Å². The standard InChI is InChI=1S/C11H18N2S.ClH/c1-11(2,12)8-13-5-3-9-4-6-14-10(9)7-13;/h4,6H,3,5,7-8,12H2,1-2H3;1H. The van der Waals surface area contributed by atoms with Crippen LogP contribution < -0.4 is 5.73 Å². The Morgan fingerprint density at radius 1 is 1.53 bits per heavy atom. The summed E-state index contributed by atoms with van der Waals surface area (Å²) < 4.78 is 0. The van der Waals surface area contributed by atoms with Gasteiger partial charge in [-0.15, -0.1) is 23.7 Å². The van der Waals surface area contributed by atoms with Crippen molar-refractivity contribution in [3.63, 3.8) is 0 Å². The van der Waals surface area contributed by atoms with Crippen molar-refractivity contribution in [3.8, 4) is 0 Å². The molecule has 0 saturated heterocycles. The molecule has 0 radical (unpaired) electrons. The summed E-state index contributed by atoms with van der Waals surface area (Å²) in [7, 11) is 0. The third-order valence-electron chi connectivity index (χ3n) is 2.53. The molecule has 0 spiro atoms. The van der Waals surface area contributed by atoms with E-state index in [1.807, 2.05) is 11.3 Å². The predicted octanol–water partition coefficient (Wildman–Crippen LogP) is 2.27. The number of thiophene rings is 1. The van der Waals surface area contributed by atoms with E-state index in [1.165, 1.54) is 11.3 Å². The van der Waals surface area contributed by atoms with Crippen LogP contribution >= 0.6 is 23.7 Å². The molecule has 0 bridgehead atoms. The maximum Gasteiger partial charge on any atom is 0.0331 e. The Kier molecular flexibility index (Phi) is 4.18. The summed E-state index contributed by atoms with van der Waals surface area (Å²) in [4.78, 5) is 3.99. The van der Waals surface area contributed by atoms with E-state index in [9.17, 15) is 0 Å². The molecule has 2 heterocycles. The molecular weight excluding hydrogens is 228 g/mol. The summed E-state index contributed by atoms with van der Waals surface area (Å²) in [6.07, 6.45) is 1.19. The predicted molar refractivity (Wildman–Crippen MR) is 68.8 cm³/mol. The van der Waals surface area contributed by atoms with Gasteiger partial charge in [0.05, 0.1) is 0 Å². The van der Waals surface area contributed by atoms with Gasteiger partial charge in [-0.25, -0.2) is 0 Å². The maximum atomic E-state index is 6.02. The zero-order valence-corrected chi connectivity index (χ0v) is 11.0. The monoisotopic (exact) mass is 246 g/mol. The summed E-state index contributed by atoms with van der Waals surface area (Å²) in [6, 6.07) is 2.25. The first kappa shape index (κ1) is 13.0. The van der Waals surface area contributed by atoms with E-state index in [0.717, 1.165) is 19.6 Å². The molecule has 0 amide bonds. The van der Waals surface area contributed by atoms with Crippen molar-refractivity contribution in [2.45, 2.75) is 32.4 Å². The molecule has 1 aliphatic rings. The molecule has 4 heteroatoms. The Morgan fingerprint density at radius 2 is 2.27 bits per heavy atom. The van der Waals surface area contributed by atoms with E-state index in [0.29, 0.717) is 0 Å². The van der Waals surface area contributed by atoms with Crippen LogP contribution in [0.2, 0.25) is 0 Å². The number of hydrogen-bond acceptors (Lipinski definition) is 3. The molecule has 1 aromatic heterocycles. The first-order valence-corrected chi connectivity index (χ1v) is 5.99. The second-order valence-corrected chi connectivity index (χ2v) is 5.82. The molecule has 15 heavy (non-hydrogen) atoms. The largest absolute Gasteiger partial charge is 0.324 e. The fourth-order valence-electron chi connectivity index (χ4n) is 2.00. The Bertz CT molecular complexity index is 317. The molecule has 0 fully saturated rings. The van der Waals surface area contributed by atoms with E-state index < -0.39 is 0 Å². The molecule has 1 aliphatic heterocycles. The molecule has 2 nitrogen and oxygen atoms in total. The van der Waals surface area contributed by atoms with Crippen LogP contribution in [0.15, 0.2) is 11.4 Å². The summed E-state index contributed by atoms with van der Waals surface area (Å²) in [5, 5.41) is 2.20. The highest BCUT2D eigenvalue weighted by Crippen LogP contribution is 2.24. The van der Waals surface area contributed by atoms with Crippen molar-refractivity contribution in [3.05, 3.63) is 21.9 Å². The van der Waals surface area contributed by atoms with E-state index >= 15 is 0 Å². The van der Waals surface area contributed by atoms with Gasteiger partial charge in [0.15, 0.2) is 0 Å². The van der Waals surface area contributed by atoms with Gasteiger partial charge in [0.1, 0.15) is 0 Å². The van der Waals surface area contributed by atoms with Gasteiger partial charge in [0, 0.05) is 30.1 Å². The van der Waals surface area contributed by atoms with E-state index in [2.05, 4.69) is 30.2 Å². The summed E-state index contributed by atoms with van der Waals surface area (Å²) in [6.45, 7) is 7.43. The molecule has 86 valence electrons. The van der Waals surface area contributed by atoms with Crippen molar-refractivity contribution in [1.82, 2.24) is 4.90 Å². The second-order valence-electron chi connectivity index (χ2n) is 4.82. The molecule has 2 N–H and O–H groups in total. The lowest BCUT2D eigenvalue weighted by Crippen LogP contribution is -2.46. The highest BCUT2D eigenvalue weighted by molar-refractivity contribution is 7.10. The van der Waals surface area contributed by atoms with Gasteiger partial charge in [0.2, 0.25) is 0 Å². The smallest absolute Gasteiger partial charge is 0.0331 e. The van der Waals surface area contributed by atoms with Gasteiger partial charge in [-0.1, -0.05) is 0 Å². The number of rotatable bonds is 2. The van der Waals surface area contributed by atoms with Crippen molar-refractivity contribution in [1.29, 1.82) is 0 Å².